The van der Waals surface area contributed by atoms with Gasteiger partial charge in [-0.25, -0.2) is 4.98 Å². The summed E-state index contributed by atoms with van der Waals surface area (Å²) in [5.74, 6) is -0.125. The number of hydrogen-bond donors (Lipinski definition) is 4. The van der Waals surface area contributed by atoms with E-state index in [2.05, 4.69) is 31.7 Å². The highest BCUT2D eigenvalue weighted by Crippen LogP contribution is 2.21. The number of H-pyrrole nitrogens is 2. The predicted molar refractivity (Wildman–Crippen MR) is 131 cm³/mol. The van der Waals surface area contributed by atoms with E-state index in [-0.39, 0.29) is 29.5 Å². The molecule has 2 aromatic carbocycles. The Kier molecular flexibility index (Phi) is 7.47. The number of nitrogens with one attached hydrogen (secondary N) is 4. The van der Waals surface area contributed by atoms with Crippen molar-refractivity contribution >= 4 is 34.5 Å². The summed E-state index contributed by atoms with van der Waals surface area (Å²) in [6.07, 6.45) is 5.98. The third-order valence-electron chi connectivity index (χ3n) is 5.48. The minimum absolute atomic E-state index is 0.0413. The van der Waals surface area contributed by atoms with Crippen LogP contribution in [0.4, 0.5) is 0 Å². The summed E-state index contributed by atoms with van der Waals surface area (Å²) >= 11 is 1.34. The van der Waals surface area contributed by atoms with Crippen molar-refractivity contribution in [1.82, 2.24) is 25.6 Å². The molecule has 2 atom stereocenters. The van der Waals surface area contributed by atoms with Crippen molar-refractivity contribution in [2.24, 2.45) is 5.92 Å². The smallest absolute Gasteiger partial charge is 0.231 e. The fourth-order valence-electron chi connectivity index (χ4n) is 3.74. The molecular formula is C25H27N5O2S. The Morgan fingerprint density at radius 2 is 1.85 bits per heavy atom. The number of rotatable bonds is 10. The first-order chi connectivity index (χ1) is 16.1. The van der Waals surface area contributed by atoms with Gasteiger partial charge in [0.25, 0.3) is 0 Å². The van der Waals surface area contributed by atoms with Gasteiger partial charge in [0, 0.05) is 42.0 Å². The van der Waals surface area contributed by atoms with Crippen molar-refractivity contribution < 1.29 is 9.59 Å². The van der Waals surface area contributed by atoms with Crippen LogP contribution in [0.3, 0.4) is 0 Å². The monoisotopic (exact) mass is 461 g/mol. The molecule has 2 aromatic heterocycles. The topological polar surface area (TPSA) is 103 Å². The number of nitrogens with zero attached hydrogens (tertiary/aromatic N) is 1. The normalized spacial score (nSPS) is 12.9. The molecule has 0 aliphatic heterocycles. The first kappa shape index (κ1) is 22.7. The van der Waals surface area contributed by atoms with E-state index in [9.17, 15) is 9.59 Å². The Bertz CT molecular complexity index is 1190. The lowest BCUT2D eigenvalue weighted by molar-refractivity contribution is -0.125. The van der Waals surface area contributed by atoms with Gasteiger partial charge in [-0.1, -0.05) is 67.2 Å². The third kappa shape index (κ3) is 6.04. The fourth-order valence-corrected chi connectivity index (χ4v) is 4.38. The highest BCUT2D eigenvalue weighted by atomic mass is 32.2. The van der Waals surface area contributed by atoms with Gasteiger partial charge in [-0.05, 0) is 23.6 Å². The van der Waals surface area contributed by atoms with Gasteiger partial charge in [0.2, 0.25) is 11.8 Å². The summed E-state index contributed by atoms with van der Waals surface area (Å²) in [6.45, 7) is 2.24. The van der Waals surface area contributed by atoms with Gasteiger partial charge in [0.05, 0.1) is 11.8 Å². The summed E-state index contributed by atoms with van der Waals surface area (Å²) in [6, 6.07) is 17.4. The Hall–Kier alpha value is -3.52. The van der Waals surface area contributed by atoms with Crippen LogP contribution in [-0.4, -0.2) is 39.1 Å². The van der Waals surface area contributed by atoms with Crippen LogP contribution in [0.5, 0.6) is 0 Å². The molecule has 0 aliphatic rings. The number of aromatic nitrogens is 3. The summed E-state index contributed by atoms with van der Waals surface area (Å²) in [4.78, 5) is 35.8. The van der Waals surface area contributed by atoms with Crippen LogP contribution >= 0.6 is 11.8 Å². The van der Waals surface area contributed by atoms with Crippen LogP contribution < -0.4 is 10.6 Å². The molecule has 0 saturated carbocycles. The Labute approximate surface area is 196 Å². The third-order valence-corrected chi connectivity index (χ3v) is 6.38. The molecule has 2 heterocycles. The molecule has 0 saturated heterocycles. The van der Waals surface area contributed by atoms with Crippen molar-refractivity contribution in [3.63, 3.8) is 0 Å². The number of para-hydroxylation sites is 1. The lowest BCUT2D eigenvalue weighted by Gasteiger charge is -2.21. The van der Waals surface area contributed by atoms with Crippen molar-refractivity contribution in [3.8, 4) is 0 Å². The standard InChI is InChI=1S/C25H27N5O2S/c1-17(13-19-14-28-21-10-6-5-9-20(19)21)24(32)29-15-22(18-7-3-2-4-8-18)30-23(31)16-33-25-26-11-12-27-25/h2-12,14,17,22,28H,13,15-16H2,1H3,(H,26,27)(H,29,32)(H,30,31). The molecule has 33 heavy (non-hydrogen) atoms. The van der Waals surface area contributed by atoms with Crippen LogP contribution in [0.1, 0.15) is 24.1 Å². The summed E-state index contributed by atoms with van der Waals surface area (Å²) in [5, 5.41) is 7.90. The largest absolute Gasteiger partial charge is 0.361 e. The van der Waals surface area contributed by atoms with E-state index in [1.165, 1.54) is 11.8 Å². The highest BCUT2D eigenvalue weighted by Gasteiger charge is 2.20. The maximum absolute atomic E-state index is 12.9. The molecule has 8 heteroatoms. The molecule has 170 valence electrons. The van der Waals surface area contributed by atoms with E-state index >= 15 is 0 Å². The van der Waals surface area contributed by atoms with Crippen LogP contribution in [0.15, 0.2) is 78.3 Å². The minimum atomic E-state index is -0.319. The molecule has 2 unspecified atom stereocenters. The number of hydrogen-bond acceptors (Lipinski definition) is 4. The maximum atomic E-state index is 12.9. The van der Waals surface area contributed by atoms with E-state index in [1.807, 2.05) is 61.7 Å². The van der Waals surface area contributed by atoms with Gasteiger partial charge in [0.15, 0.2) is 5.16 Å². The molecule has 0 spiro atoms. The van der Waals surface area contributed by atoms with E-state index in [1.54, 1.807) is 12.4 Å². The van der Waals surface area contributed by atoms with Gasteiger partial charge >= 0.3 is 0 Å². The van der Waals surface area contributed by atoms with Crippen molar-refractivity contribution in [1.29, 1.82) is 0 Å². The second-order valence-electron chi connectivity index (χ2n) is 7.92. The molecule has 4 aromatic rings. The van der Waals surface area contributed by atoms with Crippen molar-refractivity contribution in [3.05, 3.63) is 84.3 Å². The number of thioether (sulfide) groups is 1. The minimum Gasteiger partial charge on any atom is -0.361 e. The second kappa shape index (κ2) is 10.9. The quantitative estimate of drug-likeness (QED) is 0.270. The Morgan fingerprint density at radius 1 is 1.06 bits per heavy atom. The first-order valence-electron chi connectivity index (χ1n) is 10.9. The van der Waals surface area contributed by atoms with Gasteiger partial charge < -0.3 is 20.6 Å². The van der Waals surface area contributed by atoms with E-state index in [0.29, 0.717) is 18.1 Å². The Balaban J connectivity index is 1.35. The molecule has 0 bridgehead atoms. The molecule has 7 nitrogen and oxygen atoms in total. The zero-order chi connectivity index (χ0) is 23.0. The van der Waals surface area contributed by atoms with Crippen LogP contribution in [-0.2, 0) is 16.0 Å². The highest BCUT2D eigenvalue weighted by molar-refractivity contribution is 7.99. The van der Waals surface area contributed by atoms with Gasteiger partial charge in [-0.15, -0.1) is 0 Å². The Morgan fingerprint density at radius 3 is 2.64 bits per heavy atom. The molecule has 0 aliphatic carbocycles. The second-order valence-corrected chi connectivity index (χ2v) is 8.89. The van der Waals surface area contributed by atoms with Crippen molar-refractivity contribution in [2.45, 2.75) is 24.5 Å². The summed E-state index contributed by atoms with van der Waals surface area (Å²) in [5.41, 5.74) is 3.13. The average Bonchev–Trinajstić information content (AvgIpc) is 3.51. The van der Waals surface area contributed by atoms with Gasteiger partial charge in [0.1, 0.15) is 0 Å². The van der Waals surface area contributed by atoms with Crippen molar-refractivity contribution in [2.75, 3.05) is 12.3 Å². The number of amides is 2. The van der Waals surface area contributed by atoms with Gasteiger partial charge in [-0.2, -0.15) is 0 Å². The van der Waals surface area contributed by atoms with E-state index in [0.717, 1.165) is 22.0 Å². The number of carbonyl (C=O) groups is 2. The lowest BCUT2D eigenvalue weighted by Crippen LogP contribution is -2.40. The lowest BCUT2D eigenvalue weighted by atomic mass is 9.99. The number of fused-ring (bicyclic) bond motifs is 1. The molecule has 0 radical (unpaired) electrons. The van der Waals surface area contributed by atoms with Crippen LogP contribution in [0.25, 0.3) is 10.9 Å². The zero-order valence-corrected chi connectivity index (χ0v) is 19.2. The molecule has 4 rings (SSSR count). The molecule has 2 amide bonds. The van der Waals surface area contributed by atoms with E-state index < -0.39 is 0 Å². The number of imidazole rings is 1. The maximum Gasteiger partial charge on any atom is 0.231 e. The first-order valence-corrected chi connectivity index (χ1v) is 11.9. The number of carbonyl (C=O) groups excluding carboxylic acids is 2. The van der Waals surface area contributed by atoms with Gasteiger partial charge in [-0.3, -0.25) is 9.59 Å². The molecular weight excluding hydrogens is 434 g/mol. The number of aromatic amines is 2. The average molecular weight is 462 g/mol. The molecule has 0 fully saturated rings. The summed E-state index contributed by atoms with van der Waals surface area (Å²) < 4.78 is 0. The zero-order valence-electron chi connectivity index (χ0n) is 18.4. The number of benzene rings is 2. The fraction of sp³-hybridized carbons (Fsp3) is 0.240. The summed E-state index contributed by atoms with van der Waals surface area (Å²) in [7, 11) is 0. The van der Waals surface area contributed by atoms with E-state index in [4.69, 9.17) is 0 Å². The van der Waals surface area contributed by atoms with Crippen LogP contribution in [0, 0.1) is 5.92 Å². The van der Waals surface area contributed by atoms with Crippen LogP contribution in [0.2, 0.25) is 0 Å². The molecule has 4 N–H and O–H groups in total. The predicted octanol–water partition coefficient (Wildman–Crippen LogP) is 3.84. The SMILES string of the molecule is CC(Cc1c[nH]c2ccccc12)C(=O)NCC(NC(=O)CSc1ncc[nH]1)c1ccccc1.